The smallest absolute Gasteiger partial charge is 0.312 e. The number of rotatable bonds is 6. The number of piperidine rings is 1. The Labute approximate surface area is 157 Å². The summed E-state index contributed by atoms with van der Waals surface area (Å²) in [5, 5.41) is 3.04. The number of hydrogen-bond donors (Lipinski definition) is 2. The summed E-state index contributed by atoms with van der Waals surface area (Å²) in [6.07, 6.45) is 1.79. The molecule has 0 unspecified atom stereocenters. The highest BCUT2D eigenvalue weighted by atomic mass is 35.5. The molecular formula is C18H24ClN3O4. The zero-order valence-corrected chi connectivity index (χ0v) is 15.5. The van der Waals surface area contributed by atoms with E-state index in [1.54, 1.807) is 29.2 Å². The largest absolute Gasteiger partial charge is 0.455 e. The number of nitrogens with one attached hydrogen (secondary N) is 1. The number of nitrogens with two attached hydrogens (primary N) is 1. The third-order valence-corrected chi connectivity index (χ3v) is 4.70. The van der Waals surface area contributed by atoms with Crippen LogP contribution in [-0.2, 0) is 14.3 Å². The van der Waals surface area contributed by atoms with Crippen LogP contribution in [0.4, 0.5) is 4.79 Å². The number of hydrogen-bond acceptors (Lipinski definition) is 4. The zero-order valence-electron chi connectivity index (χ0n) is 14.7. The number of ether oxygens (including phenoxy) is 1. The predicted molar refractivity (Wildman–Crippen MR) is 97.5 cm³/mol. The van der Waals surface area contributed by atoms with Crippen molar-refractivity contribution in [3.8, 4) is 0 Å². The molecule has 142 valence electrons. The molecule has 1 aliphatic heterocycles. The van der Waals surface area contributed by atoms with Gasteiger partial charge in [-0.25, -0.2) is 4.79 Å². The molecule has 2 rings (SSSR count). The van der Waals surface area contributed by atoms with Crippen molar-refractivity contribution >= 4 is 29.5 Å². The van der Waals surface area contributed by atoms with Crippen LogP contribution in [0.3, 0.4) is 0 Å². The van der Waals surface area contributed by atoms with E-state index in [0.29, 0.717) is 29.6 Å². The molecule has 1 fully saturated rings. The van der Waals surface area contributed by atoms with Gasteiger partial charge in [0.15, 0.2) is 6.61 Å². The maximum Gasteiger partial charge on any atom is 0.312 e. The average molecular weight is 382 g/mol. The van der Waals surface area contributed by atoms with Crippen molar-refractivity contribution in [1.29, 1.82) is 0 Å². The average Bonchev–Trinajstić information content (AvgIpc) is 2.60. The molecule has 3 N–H and O–H groups in total. The molecule has 3 amide bonds. The van der Waals surface area contributed by atoms with E-state index in [4.69, 9.17) is 22.1 Å². The van der Waals surface area contributed by atoms with E-state index < -0.39 is 18.0 Å². The molecule has 8 heteroatoms. The second-order valence-corrected chi connectivity index (χ2v) is 6.98. The van der Waals surface area contributed by atoms with E-state index in [1.165, 1.54) is 0 Å². The number of urea groups is 1. The number of halogens is 1. The summed E-state index contributed by atoms with van der Waals surface area (Å²) in [4.78, 5) is 37.1. The van der Waals surface area contributed by atoms with E-state index in [9.17, 15) is 14.4 Å². The molecule has 1 aromatic carbocycles. The third kappa shape index (κ3) is 6.22. The third-order valence-electron chi connectivity index (χ3n) is 4.45. The van der Waals surface area contributed by atoms with Crippen LogP contribution in [0.25, 0.3) is 0 Å². The molecule has 1 atom stereocenters. The molecule has 1 heterocycles. The Kier molecular flexibility index (Phi) is 7.26. The maximum absolute atomic E-state index is 12.1. The molecular weight excluding hydrogens is 358 g/mol. The minimum absolute atomic E-state index is 0.130. The number of esters is 1. The van der Waals surface area contributed by atoms with Crippen LogP contribution >= 0.6 is 11.6 Å². The Balaban J connectivity index is 1.87. The van der Waals surface area contributed by atoms with Crippen LogP contribution in [0, 0.1) is 5.92 Å². The molecule has 7 nitrogen and oxygen atoms in total. The van der Waals surface area contributed by atoms with Gasteiger partial charge in [-0.1, -0.05) is 30.7 Å². The highest BCUT2D eigenvalue weighted by molar-refractivity contribution is 6.30. The Hall–Kier alpha value is -2.28. The first kappa shape index (κ1) is 20.0. The first-order chi connectivity index (χ1) is 12.3. The molecule has 0 bridgehead atoms. The molecule has 26 heavy (non-hydrogen) atoms. The van der Waals surface area contributed by atoms with Gasteiger partial charge in [-0.2, -0.15) is 0 Å². The van der Waals surface area contributed by atoms with Crippen molar-refractivity contribution in [2.75, 3.05) is 19.7 Å². The highest BCUT2D eigenvalue weighted by Crippen LogP contribution is 2.20. The van der Waals surface area contributed by atoms with E-state index in [1.807, 2.05) is 0 Å². The number of amides is 3. The lowest BCUT2D eigenvalue weighted by atomic mass is 9.99. The summed E-state index contributed by atoms with van der Waals surface area (Å²) in [5.74, 6) is -0.171. The van der Waals surface area contributed by atoms with Crippen molar-refractivity contribution in [1.82, 2.24) is 10.2 Å². The lowest BCUT2D eigenvalue weighted by Crippen LogP contribution is -2.40. The number of primary amides is 1. The molecule has 1 aromatic rings. The highest BCUT2D eigenvalue weighted by Gasteiger charge is 2.23. The zero-order chi connectivity index (χ0) is 19.1. The van der Waals surface area contributed by atoms with Crippen molar-refractivity contribution in [2.24, 2.45) is 11.7 Å². The van der Waals surface area contributed by atoms with Gasteiger partial charge < -0.3 is 20.7 Å². The van der Waals surface area contributed by atoms with E-state index in [0.717, 1.165) is 12.8 Å². The number of likely N-dealkylation sites (tertiary alicyclic amines) is 1. The van der Waals surface area contributed by atoms with Gasteiger partial charge in [0.1, 0.15) is 0 Å². The van der Waals surface area contributed by atoms with Crippen LogP contribution < -0.4 is 11.1 Å². The Morgan fingerprint density at radius 3 is 2.46 bits per heavy atom. The summed E-state index contributed by atoms with van der Waals surface area (Å²) in [6.45, 7) is 3.24. The van der Waals surface area contributed by atoms with Crippen molar-refractivity contribution in [3.63, 3.8) is 0 Å². The summed E-state index contributed by atoms with van der Waals surface area (Å²) in [5.41, 5.74) is 5.85. The van der Waals surface area contributed by atoms with Crippen LogP contribution in [0.15, 0.2) is 24.3 Å². The molecule has 0 spiro atoms. The Bertz CT molecular complexity index is 642. The van der Waals surface area contributed by atoms with Crippen LogP contribution in [-0.4, -0.2) is 42.5 Å². The standard InChI is InChI=1S/C18H24ClN3O4/c1-12-6-8-22(9-7-12)16(23)11-26-17(24)10-15(21-18(20)25)13-2-4-14(19)5-3-13/h2-5,12,15H,6-11H2,1H3,(H3,20,21,25)/t15-/m0/s1. The Morgan fingerprint density at radius 1 is 1.27 bits per heavy atom. The van der Waals surface area contributed by atoms with Gasteiger partial charge in [-0.05, 0) is 36.5 Å². The number of carbonyl (C=O) groups is 3. The minimum atomic E-state index is -0.753. The van der Waals surface area contributed by atoms with Crippen LogP contribution in [0.1, 0.15) is 37.8 Å². The SMILES string of the molecule is CC1CCN(C(=O)COC(=O)C[C@H](NC(N)=O)c2ccc(Cl)cc2)CC1. The van der Waals surface area contributed by atoms with Crippen molar-refractivity contribution in [2.45, 2.75) is 32.2 Å². The second-order valence-electron chi connectivity index (χ2n) is 6.54. The summed E-state index contributed by atoms with van der Waals surface area (Å²) >= 11 is 5.85. The van der Waals surface area contributed by atoms with Gasteiger partial charge in [0.25, 0.3) is 5.91 Å². The van der Waals surface area contributed by atoms with Crippen LogP contribution in [0.2, 0.25) is 5.02 Å². The fourth-order valence-corrected chi connectivity index (χ4v) is 2.96. The normalized spacial score (nSPS) is 16.0. The van der Waals surface area contributed by atoms with E-state index in [2.05, 4.69) is 12.2 Å². The van der Waals surface area contributed by atoms with Gasteiger partial charge in [-0.15, -0.1) is 0 Å². The van der Waals surface area contributed by atoms with Gasteiger partial charge >= 0.3 is 12.0 Å². The van der Waals surface area contributed by atoms with E-state index >= 15 is 0 Å². The number of carbonyl (C=O) groups excluding carboxylic acids is 3. The van der Waals surface area contributed by atoms with E-state index in [-0.39, 0.29) is 18.9 Å². The molecule has 0 aliphatic carbocycles. The first-order valence-corrected chi connectivity index (χ1v) is 8.97. The lowest BCUT2D eigenvalue weighted by Gasteiger charge is -2.30. The topological polar surface area (TPSA) is 102 Å². The van der Waals surface area contributed by atoms with Gasteiger partial charge in [0, 0.05) is 18.1 Å². The van der Waals surface area contributed by atoms with Gasteiger partial charge in [0.2, 0.25) is 0 Å². The van der Waals surface area contributed by atoms with Crippen LogP contribution in [0.5, 0.6) is 0 Å². The fraction of sp³-hybridized carbons (Fsp3) is 0.500. The molecule has 1 saturated heterocycles. The number of nitrogens with zero attached hydrogens (tertiary/aromatic N) is 1. The molecule has 0 aromatic heterocycles. The Morgan fingerprint density at radius 2 is 1.88 bits per heavy atom. The summed E-state index contributed by atoms with van der Waals surface area (Å²) in [7, 11) is 0. The maximum atomic E-state index is 12.1. The fourth-order valence-electron chi connectivity index (χ4n) is 2.84. The van der Waals surface area contributed by atoms with Crippen molar-refractivity contribution in [3.05, 3.63) is 34.9 Å². The molecule has 0 radical (unpaired) electrons. The lowest BCUT2D eigenvalue weighted by molar-refractivity contribution is -0.153. The monoisotopic (exact) mass is 381 g/mol. The first-order valence-electron chi connectivity index (χ1n) is 8.60. The quantitative estimate of drug-likeness (QED) is 0.737. The minimum Gasteiger partial charge on any atom is -0.455 e. The number of benzene rings is 1. The van der Waals surface area contributed by atoms with Gasteiger partial charge in [0.05, 0.1) is 12.5 Å². The summed E-state index contributed by atoms with van der Waals surface area (Å²) in [6, 6.07) is 5.28. The predicted octanol–water partition coefficient (Wildman–Crippen LogP) is 2.24. The summed E-state index contributed by atoms with van der Waals surface area (Å²) < 4.78 is 5.09. The van der Waals surface area contributed by atoms with Crippen molar-refractivity contribution < 1.29 is 19.1 Å². The molecule has 0 saturated carbocycles. The second kappa shape index (κ2) is 9.43. The molecule has 1 aliphatic rings. The van der Waals surface area contributed by atoms with Gasteiger partial charge in [-0.3, -0.25) is 9.59 Å².